The van der Waals surface area contributed by atoms with Crippen LogP contribution in [0.1, 0.15) is 6.92 Å². The molecule has 11 heavy (non-hydrogen) atoms. The van der Waals surface area contributed by atoms with Crippen molar-refractivity contribution < 1.29 is 38.5 Å². The predicted octanol–water partition coefficient (Wildman–Crippen LogP) is 1.04. The molecule has 0 heterocycles. The molecule has 0 aliphatic rings. The summed E-state index contributed by atoms with van der Waals surface area (Å²) in [5.74, 6) is -3.03. The fraction of sp³-hybridized carbons (Fsp3) is 0.600. The third kappa shape index (κ3) is 3.02. The van der Waals surface area contributed by atoms with Gasteiger partial charge in [0.1, 0.15) is 0 Å². The van der Waals surface area contributed by atoms with Crippen LogP contribution in [0.4, 0.5) is 13.2 Å². The van der Waals surface area contributed by atoms with E-state index < -0.39 is 22.6 Å². The van der Waals surface area contributed by atoms with E-state index in [2.05, 4.69) is 15.7 Å². The molecule has 0 spiro atoms. The number of halogens is 3. The van der Waals surface area contributed by atoms with Gasteiger partial charge in [0.2, 0.25) is 0 Å². The van der Waals surface area contributed by atoms with Crippen LogP contribution in [0.5, 0.6) is 0 Å². The van der Waals surface area contributed by atoms with E-state index in [-0.39, 0.29) is 0 Å². The molecule has 1 atom stereocenters. The summed E-state index contributed by atoms with van der Waals surface area (Å²) in [6.45, 7) is 0.875. The van der Waals surface area contributed by atoms with Gasteiger partial charge in [0.25, 0.3) is 0 Å². The summed E-state index contributed by atoms with van der Waals surface area (Å²) >= 11 is 3.25. The van der Waals surface area contributed by atoms with Gasteiger partial charge in [0, 0.05) is 0 Å². The van der Waals surface area contributed by atoms with Gasteiger partial charge in [-0.15, -0.1) is 0 Å². The summed E-state index contributed by atoms with van der Waals surface area (Å²) in [4.78, 5) is 18.5. The summed E-state index contributed by atoms with van der Waals surface area (Å²) in [7, 11) is 0. The number of carbonyl (C=O) groups excluding carboxylic acids is 2. The molecule has 0 aliphatic heterocycles. The maximum absolute atomic E-state index is 11.5. The summed E-state index contributed by atoms with van der Waals surface area (Å²) in [6.07, 6.45) is -4.98. The molecule has 0 aromatic carbocycles. The third-order valence-electron chi connectivity index (χ3n) is 0.837. The van der Waals surface area contributed by atoms with Gasteiger partial charge in [-0.2, -0.15) is 0 Å². The van der Waals surface area contributed by atoms with Crippen molar-refractivity contribution in [3.8, 4) is 0 Å². The number of ketones is 2. The van der Waals surface area contributed by atoms with Gasteiger partial charge in [-0.3, -0.25) is 0 Å². The number of carbonyl (C=O) groups is 2. The molecular weight excluding hydrogens is 208 g/mol. The normalized spacial score (nSPS) is 14.4. The van der Waals surface area contributed by atoms with E-state index >= 15 is 0 Å². The predicted molar refractivity (Wildman–Crippen MR) is 25.5 cm³/mol. The Labute approximate surface area is 68.7 Å². The van der Waals surface area contributed by atoms with Gasteiger partial charge >= 0.3 is 68.0 Å². The van der Waals surface area contributed by atoms with E-state index in [1.807, 2.05) is 0 Å². The minimum absolute atomic E-state index is 0.875. The fourth-order valence-corrected chi connectivity index (χ4v) is 0.491. The number of Topliss-reactive ketones (excluding diaryl/α,β-unsaturated/α-hetero) is 2. The molecule has 0 aromatic rings. The van der Waals surface area contributed by atoms with E-state index in [4.69, 9.17) is 0 Å². The van der Waals surface area contributed by atoms with Crippen molar-refractivity contribution in [1.29, 1.82) is 0 Å². The van der Waals surface area contributed by atoms with Crippen molar-refractivity contribution >= 4 is 11.6 Å². The molecule has 0 rings (SSSR count). The Kier molecular flexibility index (Phi) is 3.24. The topological polar surface area (TPSA) is 34.1 Å². The third-order valence-corrected chi connectivity index (χ3v) is 1.53. The zero-order chi connectivity index (χ0) is 9.23. The van der Waals surface area contributed by atoms with Crippen LogP contribution >= 0.6 is 0 Å². The Bertz CT molecular complexity index is 187. The monoisotopic (exact) mass is 212 g/mol. The second-order valence-corrected chi connectivity index (χ2v) is 2.41. The van der Waals surface area contributed by atoms with Crippen LogP contribution in [0.15, 0.2) is 0 Å². The van der Waals surface area contributed by atoms with Crippen molar-refractivity contribution in [3.05, 3.63) is 0 Å². The van der Waals surface area contributed by atoms with E-state index in [0.717, 1.165) is 6.92 Å². The molecule has 0 fully saturated rings. The summed E-state index contributed by atoms with van der Waals surface area (Å²) < 4.78 is 34.5. The summed E-state index contributed by atoms with van der Waals surface area (Å²) in [5.41, 5.74) is 0. The SMILES string of the molecule is CC(=O)[CH]([Co])C(=O)C(F)(F)F. The maximum atomic E-state index is 11.5. The van der Waals surface area contributed by atoms with Crippen molar-refractivity contribution in [3.63, 3.8) is 0 Å². The molecule has 0 amide bonds. The fourth-order valence-electron chi connectivity index (χ4n) is 0.321. The van der Waals surface area contributed by atoms with Crippen LogP contribution in [0.3, 0.4) is 0 Å². The Morgan fingerprint density at radius 2 is 1.73 bits per heavy atom. The molecule has 0 N–H and O–H groups in total. The zero-order valence-corrected chi connectivity index (χ0v) is 6.40. The first-order valence-corrected chi connectivity index (χ1v) is 3.10. The van der Waals surface area contributed by atoms with Gasteiger partial charge in [0.15, 0.2) is 0 Å². The molecule has 0 saturated heterocycles. The summed E-state index contributed by atoms with van der Waals surface area (Å²) in [6, 6.07) is 0. The Morgan fingerprint density at radius 1 is 1.36 bits per heavy atom. The van der Waals surface area contributed by atoms with E-state index in [9.17, 15) is 22.8 Å². The van der Waals surface area contributed by atoms with Crippen LogP contribution in [-0.2, 0) is 25.3 Å². The Balaban J connectivity index is 4.39. The molecule has 0 saturated carbocycles. The molecule has 2 nitrogen and oxygen atoms in total. The standard InChI is InChI=1S/C5H4F3O2.Co/c1-3(9)2-4(10)5(6,7)8;/h2H,1H3;. The van der Waals surface area contributed by atoms with Crippen LogP contribution in [0, 0.1) is 0 Å². The summed E-state index contributed by atoms with van der Waals surface area (Å²) in [5, 5.41) is 0. The van der Waals surface area contributed by atoms with Crippen molar-refractivity contribution in [1.82, 2.24) is 0 Å². The van der Waals surface area contributed by atoms with E-state index in [1.54, 1.807) is 0 Å². The Morgan fingerprint density at radius 3 is 1.82 bits per heavy atom. The second-order valence-electron chi connectivity index (χ2n) is 1.81. The quantitative estimate of drug-likeness (QED) is 0.641. The van der Waals surface area contributed by atoms with E-state index in [0.29, 0.717) is 0 Å². The van der Waals surface area contributed by atoms with Gasteiger partial charge in [0.05, 0.1) is 0 Å². The molecule has 0 bridgehead atoms. The first-order chi connectivity index (χ1) is 4.76. The first-order valence-electron chi connectivity index (χ1n) is 2.49. The second kappa shape index (κ2) is 3.36. The average Bonchev–Trinajstić information content (AvgIpc) is 1.82. The van der Waals surface area contributed by atoms with E-state index in [1.165, 1.54) is 0 Å². The van der Waals surface area contributed by atoms with Crippen LogP contribution in [-0.4, -0.2) is 17.7 Å². The van der Waals surface area contributed by atoms with Gasteiger partial charge in [-0.1, -0.05) is 0 Å². The van der Waals surface area contributed by atoms with Crippen molar-refractivity contribution in [2.45, 2.75) is 18.0 Å². The molecule has 1 unspecified atom stereocenters. The zero-order valence-electron chi connectivity index (χ0n) is 5.36. The number of rotatable bonds is 2. The molecule has 6 heteroatoms. The van der Waals surface area contributed by atoms with Crippen LogP contribution in [0.25, 0.3) is 0 Å². The molecular formula is C5H4CoF3O2. The molecule has 0 radical (unpaired) electrons. The Hall–Kier alpha value is -0.364. The molecule has 0 aliphatic carbocycles. The molecule has 0 aromatic heterocycles. The number of hydrogen-bond donors (Lipinski definition) is 0. The number of hydrogen-bond acceptors (Lipinski definition) is 2. The van der Waals surface area contributed by atoms with Gasteiger partial charge in [-0.05, 0) is 0 Å². The average molecular weight is 212 g/mol. The van der Waals surface area contributed by atoms with Crippen LogP contribution < -0.4 is 0 Å². The molecule has 66 valence electrons. The van der Waals surface area contributed by atoms with Crippen molar-refractivity contribution in [2.24, 2.45) is 0 Å². The van der Waals surface area contributed by atoms with Gasteiger partial charge in [-0.25, -0.2) is 0 Å². The van der Waals surface area contributed by atoms with Crippen LogP contribution in [0.2, 0.25) is 4.85 Å². The van der Waals surface area contributed by atoms with Gasteiger partial charge < -0.3 is 0 Å². The minimum atomic E-state index is -4.98. The van der Waals surface area contributed by atoms with Crippen molar-refractivity contribution in [2.75, 3.05) is 0 Å². The first kappa shape index (κ1) is 10.6. The number of alkyl halides is 3.